The summed E-state index contributed by atoms with van der Waals surface area (Å²) in [5, 5.41) is 0. The van der Waals surface area contributed by atoms with Crippen molar-refractivity contribution in [2.75, 3.05) is 12.8 Å². The summed E-state index contributed by atoms with van der Waals surface area (Å²) < 4.78 is 5.45. The summed E-state index contributed by atoms with van der Waals surface area (Å²) >= 11 is 0. The largest absolute Gasteiger partial charge is 0.496 e. The lowest BCUT2D eigenvalue weighted by molar-refractivity contribution is 0.407. The second-order valence-corrected chi connectivity index (χ2v) is 5.13. The molecule has 0 radical (unpaired) electrons. The van der Waals surface area contributed by atoms with Crippen molar-refractivity contribution in [3.8, 4) is 17.1 Å². The Morgan fingerprint density at radius 3 is 2.35 bits per heavy atom. The molecule has 2 aromatic rings. The first kappa shape index (κ1) is 14.2. The van der Waals surface area contributed by atoms with Crippen LogP contribution in [0.3, 0.4) is 0 Å². The standard InChI is InChI=1S/C15H20N4O/c1-8(2)11-7-12(9(3)6-13(11)20-5)14-17-10(4)18-15(16)19-14/h6-8H,1-5H3,(H2,16,17,18,19). The van der Waals surface area contributed by atoms with E-state index in [4.69, 9.17) is 10.5 Å². The van der Waals surface area contributed by atoms with Gasteiger partial charge in [-0.05, 0) is 43.0 Å². The van der Waals surface area contributed by atoms with Crippen LogP contribution in [-0.4, -0.2) is 22.1 Å². The highest BCUT2D eigenvalue weighted by Crippen LogP contribution is 2.33. The van der Waals surface area contributed by atoms with E-state index in [1.807, 2.05) is 19.9 Å². The zero-order chi connectivity index (χ0) is 14.9. The molecule has 0 unspecified atom stereocenters. The number of hydrogen-bond donors (Lipinski definition) is 1. The van der Waals surface area contributed by atoms with E-state index >= 15 is 0 Å². The van der Waals surface area contributed by atoms with Crippen LogP contribution in [0.25, 0.3) is 11.4 Å². The van der Waals surface area contributed by atoms with E-state index < -0.39 is 0 Å². The van der Waals surface area contributed by atoms with Crippen LogP contribution in [0, 0.1) is 13.8 Å². The van der Waals surface area contributed by atoms with Gasteiger partial charge in [0.2, 0.25) is 5.95 Å². The van der Waals surface area contributed by atoms with Crippen molar-refractivity contribution < 1.29 is 4.74 Å². The van der Waals surface area contributed by atoms with E-state index in [2.05, 4.69) is 34.9 Å². The van der Waals surface area contributed by atoms with Crippen molar-refractivity contribution in [2.24, 2.45) is 0 Å². The van der Waals surface area contributed by atoms with E-state index in [9.17, 15) is 0 Å². The summed E-state index contributed by atoms with van der Waals surface area (Å²) in [4.78, 5) is 12.6. The van der Waals surface area contributed by atoms with Crippen molar-refractivity contribution in [2.45, 2.75) is 33.6 Å². The lowest BCUT2D eigenvalue weighted by atomic mass is 9.96. The van der Waals surface area contributed by atoms with Gasteiger partial charge in [0.25, 0.3) is 0 Å². The number of methoxy groups -OCH3 is 1. The second kappa shape index (κ2) is 5.45. The molecule has 106 valence electrons. The summed E-state index contributed by atoms with van der Waals surface area (Å²) in [6.45, 7) is 8.08. The van der Waals surface area contributed by atoms with Gasteiger partial charge in [-0.2, -0.15) is 9.97 Å². The molecule has 1 aromatic carbocycles. The molecule has 0 amide bonds. The van der Waals surface area contributed by atoms with Gasteiger partial charge < -0.3 is 10.5 Å². The number of ether oxygens (including phenoxy) is 1. The van der Waals surface area contributed by atoms with Crippen LogP contribution in [-0.2, 0) is 0 Å². The summed E-state index contributed by atoms with van der Waals surface area (Å²) in [6, 6.07) is 4.09. The lowest BCUT2D eigenvalue weighted by Gasteiger charge is -2.15. The number of nitrogens with zero attached hydrogens (tertiary/aromatic N) is 3. The number of rotatable bonds is 3. The lowest BCUT2D eigenvalue weighted by Crippen LogP contribution is -2.04. The van der Waals surface area contributed by atoms with Gasteiger partial charge in [0, 0.05) is 5.56 Å². The molecular formula is C15H20N4O. The molecule has 1 heterocycles. The fourth-order valence-corrected chi connectivity index (χ4v) is 2.19. The highest BCUT2D eigenvalue weighted by atomic mass is 16.5. The Hall–Kier alpha value is -2.17. The summed E-state index contributed by atoms with van der Waals surface area (Å²) in [5.74, 6) is 2.71. The third kappa shape index (κ3) is 2.71. The molecule has 0 fully saturated rings. The molecule has 0 aliphatic heterocycles. The molecule has 20 heavy (non-hydrogen) atoms. The van der Waals surface area contributed by atoms with Crippen molar-refractivity contribution in [1.29, 1.82) is 0 Å². The minimum absolute atomic E-state index is 0.244. The number of aromatic nitrogens is 3. The normalized spacial score (nSPS) is 10.9. The first-order valence-corrected chi connectivity index (χ1v) is 6.59. The van der Waals surface area contributed by atoms with Crippen LogP contribution >= 0.6 is 0 Å². The molecule has 1 aromatic heterocycles. The SMILES string of the molecule is COc1cc(C)c(-c2nc(C)nc(N)n2)cc1C(C)C. The molecule has 0 saturated carbocycles. The Bertz CT molecular complexity index is 618. The van der Waals surface area contributed by atoms with Crippen LogP contribution in [0.1, 0.15) is 36.7 Å². The molecule has 2 N–H and O–H groups in total. The fraction of sp³-hybridized carbons (Fsp3) is 0.400. The Kier molecular flexibility index (Phi) is 3.88. The molecule has 5 nitrogen and oxygen atoms in total. The first-order chi connectivity index (χ1) is 9.42. The highest BCUT2D eigenvalue weighted by molar-refractivity contribution is 5.64. The van der Waals surface area contributed by atoms with Crippen LogP contribution in [0.4, 0.5) is 5.95 Å². The zero-order valence-corrected chi connectivity index (χ0v) is 12.6. The zero-order valence-electron chi connectivity index (χ0n) is 12.6. The molecule has 0 spiro atoms. The van der Waals surface area contributed by atoms with E-state index in [0.717, 1.165) is 22.4 Å². The van der Waals surface area contributed by atoms with Crippen molar-refractivity contribution in [3.05, 3.63) is 29.1 Å². The molecule has 2 rings (SSSR count). The quantitative estimate of drug-likeness (QED) is 0.930. The average Bonchev–Trinajstić information content (AvgIpc) is 2.36. The Labute approximate surface area is 119 Å². The van der Waals surface area contributed by atoms with Gasteiger partial charge in [-0.1, -0.05) is 13.8 Å². The fourth-order valence-electron chi connectivity index (χ4n) is 2.19. The van der Waals surface area contributed by atoms with Gasteiger partial charge in [0.05, 0.1) is 7.11 Å². The average molecular weight is 272 g/mol. The van der Waals surface area contributed by atoms with Crippen LogP contribution < -0.4 is 10.5 Å². The molecule has 0 aliphatic carbocycles. The molecule has 5 heteroatoms. The van der Waals surface area contributed by atoms with E-state index in [1.54, 1.807) is 7.11 Å². The molecule has 0 bridgehead atoms. The Balaban J connectivity index is 2.64. The topological polar surface area (TPSA) is 73.9 Å². The smallest absolute Gasteiger partial charge is 0.223 e. The molecule has 0 saturated heterocycles. The van der Waals surface area contributed by atoms with E-state index in [0.29, 0.717) is 17.6 Å². The minimum atomic E-state index is 0.244. The van der Waals surface area contributed by atoms with Gasteiger partial charge in [-0.3, -0.25) is 0 Å². The number of nitrogen functional groups attached to an aromatic ring is 1. The maximum atomic E-state index is 5.71. The number of anilines is 1. The second-order valence-electron chi connectivity index (χ2n) is 5.13. The summed E-state index contributed by atoms with van der Waals surface area (Å²) in [6.07, 6.45) is 0. The highest BCUT2D eigenvalue weighted by Gasteiger charge is 2.14. The third-order valence-electron chi connectivity index (χ3n) is 3.20. The van der Waals surface area contributed by atoms with Crippen molar-refractivity contribution in [3.63, 3.8) is 0 Å². The maximum Gasteiger partial charge on any atom is 0.223 e. The predicted octanol–water partition coefficient (Wildman–Crippen LogP) is 2.87. The predicted molar refractivity (Wildman–Crippen MR) is 79.8 cm³/mol. The van der Waals surface area contributed by atoms with Crippen molar-refractivity contribution >= 4 is 5.95 Å². The first-order valence-electron chi connectivity index (χ1n) is 6.59. The van der Waals surface area contributed by atoms with E-state index in [-0.39, 0.29) is 5.95 Å². The Morgan fingerprint density at radius 2 is 1.80 bits per heavy atom. The van der Waals surface area contributed by atoms with Crippen LogP contribution in [0.2, 0.25) is 0 Å². The number of aryl methyl sites for hydroxylation is 2. The Morgan fingerprint density at radius 1 is 1.10 bits per heavy atom. The van der Waals surface area contributed by atoms with Crippen molar-refractivity contribution in [1.82, 2.24) is 15.0 Å². The monoisotopic (exact) mass is 272 g/mol. The number of nitrogens with two attached hydrogens (primary N) is 1. The third-order valence-corrected chi connectivity index (χ3v) is 3.20. The summed E-state index contributed by atoms with van der Waals surface area (Å²) in [5.41, 5.74) is 8.86. The maximum absolute atomic E-state index is 5.71. The number of benzene rings is 1. The minimum Gasteiger partial charge on any atom is -0.496 e. The van der Waals surface area contributed by atoms with Gasteiger partial charge in [0.15, 0.2) is 5.82 Å². The van der Waals surface area contributed by atoms with Crippen LogP contribution in [0.5, 0.6) is 5.75 Å². The van der Waals surface area contributed by atoms with Gasteiger partial charge in [-0.25, -0.2) is 4.98 Å². The van der Waals surface area contributed by atoms with Gasteiger partial charge >= 0.3 is 0 Å². The van der Waals surface area contributed by atoms with Crippen LogP contribution in [0.15, 0.2) is 12.1 Å². The van der Waals surface area contributed by atoms with Gasteiger partial charge in [0.1, 0.15) is 11.6 Å². The molecule has 0 atom stereocenters. The molecule has 0 aliphatic rings. The molecular weight excluding hydrogens is 252 g/mol. The van der Waals surface area contributed by atoms with Gasteiger partial charge in [-0.15, -0.1) is 0 Å². The number of hydrogen-bond acceptors (Lipinski definition) is 5. The van der Waals surface area contributed by atoms with E-state index in [1.165, 1.54) is 0 Å². The summed E-state index contributed by atoms with van der Waals surface area (Å²) in [7, 11) is 1.69.